The number of aliphatic hydroxyl groups excluding tert-OH is 1. The number of aliphatic hydroxyl groups is 1. The summed E-state index contributed by atoms with van der Waals surface area (Å²) in [5.41, 5.74) is 2.76. The molecule has 6 rings (SSSR count). The van der Waals surface area contributed by atoms with Crippen molar-refractivity contribution < 1.29 is 9.84 Å². The predicted molar refractivity (Wildman–Crippen MR) is 120 cm³/mol. The lowest BCUT2D eigenvalue weighted by Gasteiger charge is -2.20. The van der Waals surface area contributed by atoms with Crippen molar-refractivity contribution in [1.82, 2.24) is 24.9 Å². The molecule has 2 atom stereocenters. The first-order chi connectivity index (χ1) is 15.1. The molecule has 2 unspecified atom stereocenters. The van der Waals surface area contributed by atoms with Crippen LogP contribution in [0.1, 0.15) is 18.4 Å². The van der Waals surface area contributed by atoms with E-state index in [2.05, 4.69) is 36.1 Å². The van der Waals surface area contributed by atoms with Crippen LogP contribution >= 0.6 is 27.5 Å². The van der Waals surface area contributed by atoms with Gasteiger partial charge in [-0.3, -0.25) is 4.90 Å². The van der Waals surface area contributed by atoms with E-state index < -0.39 is 0 Å². The molecule has 162 valence electrons. The number of rotatable bonds is 7. The van der Waals surface area contributed by atoms with Crippen LogP contribution in [0, 0.1) is 23.7 Å². The van der Waals surface area contributed by atoms with Crippen molar-refractivity contribution in [3.8, 4) is 11.6 Å². The smallest absolute Gasteiger partial charge is 0.223 e. The van der Waals surface area contributed by atoms with E-state index in [1.165, 1.54) is 12.8 Å². The second-order valence-electron chi connectivity index (χ2n) is 9.05. The van der Waals surface area contributed by atoms with Crippen molar-refractivity contribution in [2.45, 2.75) is 25.9 Å². The summed E-state index contributed by atoms with van der Waals surface area (Å²) >= 11 is 9.91. The van der Waals surface area contributed by atoms with Gasteiger partial charge in [0.1, 0.15) is 11.3 Å². The van der Waals surface area contributed by atoms with E-state index >= 15 is 0 Å². The third kappa shape index (κ3) is 3.73. The zero-order chi connectivity index (χ0) is 21.1. The molecule has 9 heteroatoms. The Bertz CT molecular complexity index is 1140. The molecule has 3 heterocycles. The molecule has 1 aromatic carbocycles. The summed E-state index contributed by atoms with van der Waals surface area (Å²) < 4.78 is 8.99. The zero-order valence-electron chi connectivity index (χ0n) is 16.9. The monoisotopic (exact) mass is 503 g/mol. The number of hydrogen-bond acceptors (Lipinski definition) is 6. The normalized spacial score (nSPS) is 25.2. The van der Waals surface area contributed by atoms with Crippen LogP contribution in [0.3, 0.4) is 0 Å². The molecule has 2 aliphatic carbocycles. The number of piperidine rings is 1. The van der Waals surface area contributed by atoms with Crippen LogP contribution in [0.4, 0.5) is 0 Å². The van der Waals surface area contributed by atoms with Gasteiger partial charge >= 0.3 is 0 Å². The van der Waals surface area contributed by atoms with Crippen LogP contribution in [0.5, 0.6) is 11.6 Å². The topological polar surface area (TPSA) is 76.3 Å². The molecule has 3 fully saturated rings. The van der Waals surface area contributed by atoms with Gasteiger partial charge in [0, 0.05) is 44.5 Å². The Morgan fingerprint density at radius 2 is 2.03 bits per heavy atom. The fourth-order valence-electron chi connectivity index (χ4n) is 4.90. The van der Waals surface area contributed by atoms with Crippen LogP contribution in [0.2, 0.25) is 5.02 Å². The Kier molecular flexibility index (Phi) is 4.94. The molecule has 1 saturated heterocycles. The maximum absolute atomic E-state index is 9.40. The van der Waals surface area contributed by atoms with Crippen molar-refractivity contribution in [2.24, 2.45) is 23.7 Å². The standard InChI is InChI=1S/C22H23BrClN5O2/c23-20-19(4-3-18-21(20)26-27-29(18)7-12-1-2-12)31-22-13(5-14(24)6-25-22)8-28-9-15-16(10-28)17(15)11-30/h3-6,12,15-17,30H,1-2,7-11H2. The average Bonchev–Trinajstić information content (AvgIpc) is 3.60. The van der Waals surface area contributed by atoms with Crippen LogP contribution < -0.4 is 4.74 Å². The number of likely N-dealkylation sites (tertiary alicyclic amines) is 1. The number of hydrogen-bond donors (Lipinski definition) is 1. The largest absolute Gasteiger partial charge is 0.437 e. The lowest BCUT2D eigenvalue weighted by atomic mass is 10.2. The van der Waals surface area contributed by atoms with Crippen molar-refractivity contribution in [3.05, 3.63) is 39.5 Å². The second-order valence-corrected chi connectivity index (χ2v) is 10.3. The molecule has 2 saturated carbocycles. The number of fused-ring (bicyclic) bond motifs is 2. The van der Waals surface area contributed by atoms with Gasteiger partial charge in [0.25, 0.3) is 0 Å². The van der Waals surface area contributed by atoms with Crippen LogP contribution in [0.25, 0.3) is 11.0 Å². The average molecular weight is 505 g/mol. The van der Waals surface area contributed by atoms with E-state index in [4.69, 9.17) is 16.3 Å². The molecular weight excluding hydrogens is 482 g/mol. The number of nitrogens with zero attached hydrogens (tertiary/aromatic N) is 5. The molecule has 0 bridgehead atoms. The summed E-state index contributed by atoms with van der Waals surface area (Å²) in [6.07, 6.45) is 4.16. The van der Waals surface area contributed by atoms with Crippen LogP contribution in [-0.2, 0) is 13.1 Å². The first kappa shape index (κ1) is 19.9. The second kappa shape index (κ2) is 7.69. The summed E-state index contributed by atoms with van der Waals surface area (Å²) in [6, 6.07) is 5.88. The van der Waals surface area contributed by atoms with Gasteiger partial charge in [-0.1, -0.05) is 16.8 Å². The molecule has 31 heavy (non-hydrogen) atoms. The Labute approximate surface area is 193 Å². The predicted octanol–water partition coefficient (Wildman–Crippen LogP) is 4.11. The summed E-state index contributed by atoms with van der Waals surface area (Å²) in [5, 5.41) is 18.7. The van der Waals surface area contributed by atoms with Crippen molar-refractivity contribution in [2.75, 3.05) is 19.7 Å². The molecule has 2 aromatic heterocycles. The third-order valence-corrected chi connectivity index (χ3v) is 7.84. The number of ether oxygens (including phenoxy) is 1. The first-order valence-corrected chi connectivity index (χ1v) is 11.9. The van der Waals surface area contributed by atoms with Gasteiger partial charge in [0.2, 0.25) is 5.88 Å². The van der Waals surface area contributed by atoms with Crippen molar-refractivity contribution >= 4 is 38.6 Å². The maximum atomic E-state index is 9.40. The minimum Gasteiger partial charge on any atom is -0.437 e. The Morgan fingerprint density at radius 1 is 1.23 bits per heavy atom. The van der Waals surface area contributed by atoms with Gasteiger partial charge in [-0.15, -0.1) is 5.10 Å². The number of halogens is 2. The van der Waals surface area contributed by atoms with Gasteiger partial charge in [-0.25, -0.2) is 9.67 Å². The highest BCUT2D eigenvalue weighted by molar-refractivity contribution is 9.10. The van der Waals surface area contributed by atoms with Crippen LogP contribution in [0.15, 0.2) is 28.9 Å². The van der Waals surface area contributed by atoms with Crippen molar-refractivity contribution in [1.29, 1.82) is 0 Å². The molecule has 0 radical (unpaired) electrons. The van der Waals surface area contributed by atoms with E-state index in [1.807, 2.05) is 22.9 Å². The number of pyridine rings is 1. The zero-order valence-corrected chi connectivity index (χ0v) is 19.3. The molecule has 1 N–H and O–H groups in total. The van der Waals surface area contributed by atoms with Gasteiger partial charge in [0.05, 0.1) is 15.0 Å². The molecule has 1 aliphatic heterocycles. The van der Waals surface area contributed by atoms with E-state index in [-0.39, 0.29) is 0 Å². The minimum atomic E-state index is 0.304. The summed E-state index contributed by atoms with van der Waals surface area (Å²) in [7, 11) is 0. The Morgan fingerprint density at radius 3 is 2.77 bits per heavy atom. The van der Waals surface area contributed by atoms with Gasteiger partial charge in [-0.05, 0) is 70.6 Å². The number of benzene rings is 1. The Hall–Kier alpha value is -1.74. The van der Waals surface area contributed by atoms with E-state index in [0.717, 1.165) is 53.2 Å². The molecule has 0 amide bonds. The quantitative estimate of drug-likeness (QED) is 0.522. The van der Waals surface area contributed by atoms with Gasteiger partial charge in [0.15, 0.2) is 0 Å². The fraction of sp³-hybridized carbons (Fsp3) is 0.500. The summed E-state index contributed by atoms with van der Waals surface area (Å²) in [5.74, 6) is 3.67. The molecule has 0 spiro atoms. The lowest BCUT2D eigenvalue weighted by molar-refractivity contribution is 0.216. The minimum absolute atomic E-state index is 0.304. The summed E-state index contributed by atoms with van der Waals surface area (Å²) in [4.78, 5) is 6.86. The lowest BCUT2D eigenvalue weighted by Crippen LogP contribution is -2.25. The van der Waals surface area contributed by atoms with E-state index in [9.17, 15) is 5.11 Å². The van der Waals surface area contributed by atoms with E-state index in [0.29, 0.717) is 41.0 Å². The van der Waals surface area contributed by atoms with Gasteiger partial charge in [-0.2, -0.15) is 0 Å². The summed E-state index contributed by atoms with van der Waals surface area (Å²) in [6.45, 7) is 3.95. The number of aromatic nitrogens is 4. The van der Waals surface area contributed by atoms with E-state index in [1.54, 1.807) is 6.20 Å². The molecular formula is C22H23BrClN5O2. The highest BCUT2D eigenvalue weighted by atomic mass is 79.9. The maximum Gasteiger partial charge on any atom is 0.223 e. The van der Waals surface area contributed by atoms with Crippen LogP contribution in [-0.4, -0.2) is 49.7 Å². The molecule has 3 aromatic rings. The highest BCUT2D eigenvalue weighted by Gasteiger charge is 2.54. The van der Waals surface area contributed by atoms with Crippen molar-refractivity contribution in [3.63, 3.8) is 0 Å². The fourth-order valence-corrected chi connectivity index (χ4v) is 5.58. The Balaban J connectivity index is 1.23. The third-order valence-electron chi connectivity index (χ3n) is 6.87. The van der Waals surface area contributed by atoms with Gasteiger partial charge < -0.3 is 9.84 Å². The first-order valence-electron chi connectivity index (χ1n) is 10.8. The SMILES string of the molecule is OCC1C2CN(Cc3cc(Cl)cnc3Oc3ccc4c(nnn4CC4CC4)c3Br)CC12. The molecule has 7 nitrogen and oxygen atoms in total. The molecule has 3 aliphatic rings. The highest BCUT2D eigenvalue weighted by Crippen LogP contribution is 2.51.